The number of nitrogens with two attached hydrogens (primary N) is 1. The molecule has 0 saturated heterocycles. The van der Waals surface area contributed by atoms with Gasteiger partial charge in [-0.05, 0) is 41.8 Å². The molecule has 180 valence electrons. The molecule has 0 bridgehead atoms. The smallest absolute Gasteiger partial charge is 0.422 e. The van der Waals surface area contributed by atoms with E-state index in [1.807, 2.05) is 0 Å². The quantitative estimate of drug-likeness (QED) is 0.494. The molecule has 0 unspecified atom stereocenters. The van der Waals surface area contributed by atoms with Crippen molar-refractivity contribution in [3.05, 3.63) is 47.5 Å². The van der Waals surface area contributed by atoms with Crippen LogP contribution in [0.5, 0.6) is 23.0 Å². The van der Waals surface area contributed by atoms with Crippen LogP contribution in [0.15, 0.2) is 36.4 Å². The number of methoxy groups -OCH3 is 2. The molecule has 3 N–H and O–H groups in total. The van der Waals surface area contributed by atoms with Gasteiger partial charge in [0.2, 0.25) is 5.91 Å². The van der Waals surface area contributed by atoms with E-state index in [0.29, 0.717) is 23.5 Å². The van der Waals surface area contributed by atoms with Gasteiger partial charge in [0.1, 0.15) is 0 Å². The van der Waals surface area contributed by atoms with E-state index in [-0.39, 0.29) is 37.0 Å². The van der Waals surface area contributed by atoms with Crippen molar-refractivity contribution in [1.29, 1.82) is 0 Å². The van der Waals surface area contributed by atoms with Crippen LogP contribution in [0.1, 0.15) is 17.5 Å². The third kappa shape index (κ3) is 8.79. The third-order valence-corrected chi connectivity index (χ3v) is 4.35. The van der Waals surface area contributed by atoms with Crippen LogP contribution in [0.3, 0.4) is 0 Å². The zero-order valence-electron chi connectivity index (χ0n) is 18.2. The number of rotatable bonds is 12. The van der Waals surface area contributed by atoms with E-state index >= 15 is 0 Å². The number of hydrogen-bond donors (Lipinski definition) is 2. The van der Waals surface area contributed by atoms with E-state index in [1.165, 1.54) is 26.4 Å². The minimum absolute atomic E-state index is 0.0276. The number of nitrogens with one attached hydrogen (secondary N) is 1. The molecule has 11 heteroatoms. The van der Waals surface area contributed by atoms with Crippen LogP contribution in [-0.2, 0) is 22.6 Å². The Morgan fingerprint density at radius 2 is 1.48 bits per heavy atom. The first-order valence-electron chi connectivity index (χ1n) is 9.82. The number of ether oxygens (including phenoxy) is 4. The Labute approximate surface area is 188 Å². The van der Waals surface area contributed by atoms with Crippen molar-refractivity contribution >= 4 is 11.8 Å². The summed E-state index contributed by atoms with van der Waals surface area (Å²) in [6, 6.07) is 9.49. The second-order valence-corrected chi connectivity index (χ2v) is 6.91. The maximum atomic E-state index is 12.3. The molecule has 0 spiro atoms. The highest BCUT2D eigenvalue weighted by atomic mass is 19.4. The zero-order chi connectivity index (χ0) is 24.4. The van der Waals surface area contributed by atoms with Gasteiger partial charge in [0.05, 0.1) is 14.2 Å². The number of alkyl halides is 3. The number of aryl methyl sites for hydroxylation is 1. The molecule has 33 heavy (non-hydrogen) atoms. The van der Waals surface area contributed by atoms with Crippen molar-refractivity contribution in [3.8, 4) is 23.0 Å². The molecule has 0 aliphatic carbocycles. The van der Waals surface area contributed by atoms with Crippen LogP contribution in [-0.4, -0.2) is 45.4 Å². The topological polar surface area (TPSA) is 109 Å². The largest absolute Gasteiger partial charge is 0.493 e. The fraction of sp³-hybridized carbons (Fsp3) is 0.364. The molecule has 2 aromatic rings. The summed E-state index contributed by atoms with van der Waals surface area (Å²) in [4.78, 5) is 23.1. The summed E-state index contributed by atoms with van der Waals surface area (Å²) in [5.41, 5.74) is 6.52. The highest BCUT2D eigenvalue weighted by molar-refractivity contribution is 5.76. The Kier molecular flexibility index (Phi) is 9.19. The SMILES string of the molecule is COc1cc(CNC(=O)CCc2ccc(OCC(F)(F)F)c(OC)c2)ccc1OCC(N)=O. The maximum absolute atomic E-state index is 12.3. The lowest BCUT2D eigenvalue weighted by molar-refractivity contribution is -0.153. The van der Waals surface area contributed by atoms with Crippen molar-refractivity contribution < 1.29 is 41.7 Å². The van der Waals surface area contributed by atoms with E-state index in [0.717, 1.165) is 5.56 Å². The standard InChI is InChI=1S/C22H25F3N2O6/c1-30-18-9-14(3-6-17(18)33-13-22(23,24)25)5-8-21(29)27-11-15-4-7-16(19(10-15)31-2)32-12-20(26)28/h3-4,6-7,9-10H,5,8,11-13H2,1-2H3,(H2,26,28)(H,27,29). The molecular formula is C22H25F3N2O6. The van der Waals surface area contributed by atoms with Crippen LogP contribution < -0.4 is 30.0 Å². The normalized spacial score (nSPS) is 10.9. The van der Waals surface area contributed by atoms with Gasteiger partial charge in [0, 0.05) is 13.0 Å². The fourth-order valence-corrected chi connectivity index (χ4v) is 2.78. The van der Waals surface area contributed by atoms with Crippen LogP contribution in [0.2, 0.25) is 0 Å². The summed E-state index contributed by atoms with van der Waals surface area (Å²) in [5.74, 6) is 0.0305. The van der Waals surface area contributed by atoms with Gasteiger partial charge in [0.25, 0.3) is 5.91 Å². The summed E-state index contributed by atoms with van der Waals surface area (Å²) in [6.45, 7) is -1.47. The van der Waals surface area contributed by atoms with Crippen molar-refractivity contribution in [2.45, 2.75) is 25.6 Å². The first kappa shape index (κ1) is 25.6. The number of halogens is 3. The van der Waals surface area contributed by atoms with Crippen molar-refractivity contribution in [2.75, 3.05) is 27.4 Å². The van der Waals surface area contributed by atoms with Gasteiger partial charge in [0.15, 0.2) is 36.2 Å². The molecule has 0 fully saturated rings. The monoisotopic (exact) mass is 470 g/mol. The molecule has 0 aliphatic rings. The summed E-state index contributed by atoms with van der Waals surface area (Å²) in [5, 5.41) is 2.78. The summed E-state index contributed by atoms with van der Waals surface area (Å²) in [6.07, 6.45) is -3.95. The predicted molar refractivity (Wildman–Crippen MR) is 112 cm³/mol. The van der Waals surface area contributed by atoms with E-state index < -0.39 is 18.7 Å². The molecule has 0 atom stereocenters. The molecule has 0 saturated carbocycles. The van der Waals surface area contributed by atoms with Crippen molar-refractivity contribution in [1.82, 2.24) is 5.32 Å². The number of primary amides is 1. The lowest BCUT2D eigenvalue weighted by Gasteiger charge is -2.14. The van der Waals surface area contributed by atoms with E-state index in [2.05, 4.69) is 5.32 Å². The highest BCUT2D eigenvalue weighted by Crippen LogP contribution is 2.30. The molecule has 2 aromatic carbocycles. The average molecular weight is 470 g/mol. The van der Waals surface area contributed by atoms with Crippen molar-refractivity contribution in [3.63, 3.8) is 0 Å². The molecule has 0 radical (unpaired) electrons. The highest BCUT2D eigenvalue weighted by Gasteiger charge is 2.29. The second-order valence-electron chi connectivity index (χ2n) is 6.91. The minimum atomic E-state index is -4.46. The maximum Gasteiger partial charge on any atom is 0.422 e. The fourth-order valence-electron chi connectivity index (χ4n) is 2.78. The van der Waals surface area contributed by atoms with Gasteiger partial charge in [-0.2, -0.15) is 13.2 Å². The second kappa shape index (κ2) is 11.8. The van der Waals surface area contributed by atoms with E-state index in [1.54, 1.807) is 24.3 Å². The molecule has 2 amide bonds. The molecule has 0 aliphatic heterocycles. The van der Waals surface area contributed by atoms with E-state index in [4.69, 9.17) is 24.7 Å². The Bertz CT molecular complexity index is 966. The van der Waals surface area contributed by atoms with Gasteiger partial charge in [-0.1, -0.05) is 12.1 Å². The Balaban J connectivity index is 1.88. The number of hydrogen-bond acceptors (Lipinski definition) is 6. The van der Waals surface area contributed by atoms with Gasteiger partial charge < -0.3 is 30.0 Å². The molecular weight excluding hydrogens is 445 g/mol. The van der Waals surface area contributed by atoms with Gasteiger partial charge >= 0.3 is 6.18 Å². The van der Waals surface area contributed by atoms with Crippen molar-refractivity contribution in [2.24, 2.45) is 5.73 Å². The lowest BCUT2D eigenvalue weighted by Crippen LogP contribution is -2.23. The first-order valence-corrected chi connectivity index (χ1v) is 9.82. The van der Waals surface area contributed by atoms with Gasteiger partial charge in [-0.3, -0.25) is 9.59 Å². The Hall–Kier alpha value is -3.63. The Morgan fingerprint density at radius 3 is 2.06 bits per heavy atom. The van der Waals surface area contributed by atoms with Crippen LogP contribution in [0, 0.1) is 0 Å². The van der Waals surface area contributed by atoms with Crippen LogP contribution in [0.25, 0.3) is 0 Å². The molecule has 0 heterocycles. The number of carbonyl (C=O) groups is 2. The van der Waals surface area contributed by atoms with Crippen LogP contribution >= 0.6 is 0 Å². The molecule has 0 aromatic heterocycles. The summed E-state index contributed by atoms with van der Waals surface area (Å²) in [7, 11) is 2.77. The summed E-state index contributed by atoms with van der Waals surface area (Å²) >= 11 is 0. The Morgan fingerprint density at radius 1 is 0.909 bits per heavy atom. The minimum Gasteiger partial charge on any atom is -0.493 e. The zero-order valence-corrected chi connectivity index (χ0v) is 18.2. The number of carbonyl (C=O) groups excluding carboxylic acids is 2. The summed E-state index contributed by atoms with van der Waals surface area (Å²) < 4.78 is 57.3. The van der Waals surface area contributed by atoms with Gasteiger partial charge in [-0.25, -0.2) is 0 Å². The average Bonchev–Trinajstić information content (AvgIpc) is 2.78. The first-order chi connectivity index (χ1) is 15.6. The number of amides is 2. The van der Waals surface area contributed by atoms with E-state index in [9.17, 15) is 22.8 Å². The van der Waals surface area contributed by atoms with Gasteiger partial charge in [-0.15, -0.1) is 0 Å². The molecule has 8 nitrogen and oxygen atoms in total. The lowest BCUT2D eigenvalue weighted by atomic mass is 10.1. The predicted octanol–water partition coefficient (Wildman–Crippen LogP) is 2.76. The van der Waals surface area contributed by atoms with Crippen LogP contribution in [0.4, 0.5) is 13.2 Å². The third-order valence-electron chi connectivity index (χ3n) is 4.35. The molecule has 2 rings (SSSR count). The number of benzene rings is 2.